The predicted octanol–water partition coefficient (Wildman–Crippen LogP) is 5.24. The van der Waals surface area contributed by atoms with E-state index in [0.717, 1.165) is 13.0 Å². The first-order valence-electron chi connectivity index (χ1n) is 8.21. The number of methoxy groups -OCH3 is 1. The first-order chi connectivity index (χ1) is 10.2. The Balaban J connectivity index is 1.77. The molecule has 0 amide bonds. The highest BCUT2D eigenvalue weighted by Gasteiger charge is 2.39. The lowest BCUT2D eigenvalue weighted by Crippen LogP contribution is -2.28. The molecule has 0 aromatic heterocycles. The van der Waals surface area contributed by atoms with Crippen molar-refractivity contribution < 1.29 is 4.74 Å². The van der Waals surface area contributed by atoms with Gasteiger partial charge in [-0.3, -0.25) is 0 Å². The van der Waals surface area contributed by atoms with Crippen LogP contribution in [0.25, 0.3) is 5.57 Å². The van der Waals surface area contributed by atoms with E-state index in [1.165, 1.54) is 36.8 Å². The maximum Gasteiger partial charge on any atom is 0.0462 e. The van der Waals surface area contributed by atoms with Crippen molar-refractivity contribution in [2.24, 2.45) is 11.3 Å². The Kier molecular flexibility index (Phi) is 4.30. The summed E-state index contributed by atoms with van der Waals surface area (Å²) in [5.41, 5.74) is 4.97. The predicted molar refractivity (Wildman–Crippen MR) is 89.1 cm³/mol. The van der Waals surface area contributed by atoms with E-state index in [-0.39, 0.29) is 0 Å². The Morgan fingerprint density at radius 1 is 1.19 bits per heavy atom. The molecule has 0 heterocycles. The van der Waals surface area contributed by atoms with Crippen molar-refractivity contribution in [1.29, 1.82) is 0 Å². The lowest BCUT2D eigenvalue weighted by molar-refractivity contribution is 0.168. The standard InChI is InChI=1S/C20H26O/c1-20(14-7-15-21-2)13-6-10-18-17(11-12-19(18)20)16-8-4-3-5-9-16/h3-5,8-9,11-12,18H,6-7,10,13-15H2,1-2H3/t18-,20-/m1/s1. The van der Waals surface area contributed by atoms with Crippen LogP contribution >= 0.6 is 0 Å². The smallest absolute Gasteiger partial charge is 0.0462 e. The van der Waals surface area contributed by atoms with Gasteiger partial charge in [0.15, 0.2) is 0 Å². The molecule has 112 valence electrons. The number of fused-ring (bicyclic) bond motifs is 1. The van der Waals surface area contributed by atoms with Crippen LogP contribution in [0.2, 0.25) is 0 Å². The Labute approximate surface area is 128 Å². The van der Waals surface area contributed by atoms with Crippen molar-refractivity contribution in [1.82, 2.24) is 0 Å². The third kappa shape index (κ3) is 2.85. The number of benzene rings is 1. The molecule has 1 saturated carbocycles. The molecule has 0 aliphatic heterocycles. The van der Waals surface area contributed by atoms with Gasteiger partial charge in [0.25, 0.3) is 0 Å². The van der Waals surface area contributed by atoms with Crippen molar-refractivity contribution in [2.45, 2.75) is 39.0 Å². The van der Waals surface area contributed by atoms with Crippen LogP contribution in [-0.2, 0) is 4.74 Å². The molecule has 1 heteroatoms. The van der Waals surface area contributed by atoms with Gasteiger partial charge < -0.3 is 4.74 Å². The summed E-state index contributed by atoms with van der Waals surface area (Å²) in [7, 11) is 1.80. The molecule has 0 unspecified atom stereocenters. The summed E-state index contributed by atoms with van der Waals surface area (Å²) in [5, 5.41) is 0. The topological polar surface area (TPSA) is 9.23 Å². The molecule has 3 rings (SSSR count). The molecule has 2 aliphatic carbocycles. The second kappa shape index (κ2) is 6.19. The maximum absolute atomic E-state index is 5.25. The highest BCUT2D eigenvalue weighted by Crippen LogP contribution is 2.53. The Morgan fingerprint density at radius 3 is 2.76 bits per heavy atom. The minimum absolute atomic E-state index is 0.370. The number of rotatable bonds is 5. The fourth-order valence-electron chi connectivity index (χ4n) is 4.16. The lowest BCUT2D eigenvalue weighted by Gasteiger charge is -2.40. The number of ether oxygens (including phenoxy) is 1. The Bertz CT molecular complexity index is 540. The average Bonchev–Trinajstić information content (AvgIpc) is 2.94. The molecule has 1 nitrogen and oxygen atoms in total. The van der Waals surface area contributed by atoms with Crippen LogP contribution in [-0.4, -0.2) is 13.7 Å². The second-order valence-corrected chi connectivity index (χ2v) is 6.71. The lowest BCUT2D eigenvalue weighted by atomic mass is 9.64. The fourth-order valence-corrected chi connectivity index (χ4v) is 4.16. The molecular formula is C20H26O. The zero-order valence-corrected chi connectivity index (χ0v) is 13.3. The summed E-state index contributed by atoms with van der Waals surface area (Å²) in [4.78, 5) is 0. The first-order valence-corrected chi connectivity index (χ1v) is 8.21. The van der Waals surface area contributed by atoms with E-state index < -0.39 is 0 Å². The van der Waals surface area contributed by atoms with E-state index in [0.29, 0.717) is 11.3 Å². The van der Waals surface area contributed by atoms with E-state index in [2.05, 4.69) is 49.4 Å². The van der Waals surface area contributed by atoms with Crippen molar-refractivity contribution in [2.75, 3.05) is 13.7 Å². The molecule has 2 atom stereocenters. The van der Waals surface area contributed by atoms with Gasteiger partial charge in [0.05, 0.1) is 0 Å². The molecule has 0 saturated heterocycles. The Hall–Kier alpha value is -1.34. The fraction of sp³-hybridized carbons (Fsp3) is 0.500. The van der Waals surface area contributed by atoms with Crippen LogP contribution in [0.1, 0.15) is 44.6 Å². The van der Waals surface area contributed by atoms with Crippen LogP contribution in [0.15, 0.2) is 48.1 Å². The normalized spacial score (nSPS) is 28.0. The third-order valence-corrected chi connectivity index (χ3v) is 5.30. The van der Waals surface area contributed by atoms with Gasteiger partial charge in [0.2, 0.25) is 0 Å². The summed E-state index contributed by atoms with van der Waals surface area (Å²) in [6.45, 7) is 3.34. The third-order valence-electron chi connectivity index (χ3n) is 5.30. The van der Waals surface area contributed by atoms with E-state index in [9.17, 15) is 0 Å². The highest BCUT2D eigenvalue weighted by atomic mass is 16.5. The maximum atomic E-state index is 5.25. The van der Waals surface area contributed by atoms with Crippen molar-refractivity contribution >= 4 is 5.57 Å². The van der Waals surface area contributed by atoms with Gasteiger partial charge in [0, 0.05) is 19.6 Å². The average molecular weight is 282 g/mol. The zero-order chi connectivity index (χ0) is 14.7. The van der Waals surface area contributed by atoms with Crippen LogP contribution in [0.5, 0.6) is 0 Å². The molecule has 1 aromatic rings. The summed E-state index contributed by atoms with van der Waals surface area (Å²) >= 11 is 0. The molecular weight excluding hydrogens is 256 g/mol. The van der Waals surface area contributed by atoms with Crippen molar-refractivity contribution in [3.8, 4) is 0 Å². The van der Waals surface area contributed by atoms with Gasteiger partial charge in [-0.1, -0.05) is 61.4 Å². The number of hydrogen-bond donors (Lipinski definition) is 0. The SMILES string of the molecule is COCCC[C@@]1(C)CCC[C@@H]2C(c3ccccc3)=CC=C21. The molecule has 2 aliphatic rings. The molecule has 0 bridgehead atoms. The van der Waals surface area contributed by atoms with Crippen molar-refractivity contribution in [3.05, 3.63) is 53.6 Å². The Morgan fingerprint density at radius 2 is 2.00 bits per heavy atom. The largest absolute Gasteiger partial charge is 0.385 e. The molecule has 1 fully saturated rings. The van der Waals surface area contributed by atoms with E-state index in [1.807, 2.05) is 0 Å². The summed E-state index contributed by atoms with van der Waals surface area (Å²) in [5.74, 6) is 0.647. The van der Waals surface area contributed by atoms with E-state index >= 15 is 0 Å². The molecule has 0 N–H and O–H groups in total. The van der Waals surface area contributed by atoms with Gasteiger partial charge in [0.1, 0.15) is 0 Å². The quantitative estimate of drug-likeness (QED) is 0.671. The first kappa shape index (κ1) is 14.6. The molecule has 0 radical (unpaired) electrons. The van der Waals surface area contributed by atoms with Gasteiger partial charge in [-0.05, 0) is 42.2 Å². The molecule has 1 aromatic carbocycles. The minimum Gasteiger partial charge on any atom is -0.385 e. The van der Waals surface area contributed by atoms with Crippen LogP contribution in [0.4, 0.5) is 0 Å². The zero-order valence-electron chi connectivity index (χ0n) is 13.3. The van der Waals surface area contributed by atoms with Crippen LogP contribution in [0, 0.1) is 11.3 Å². The summed E-state index contributed by atoms with van der Waals surface area (Å²) in [6.07, 6.45) is 11.2. The monoisotopic (exact) mass is 282 g/mol. The number of hydrogen-bond acceptors (Lipinski definition) is 1. The highest BCUT2D eigenvalue weighted by molar-refractivity contribution is 5.75. The van der Waals surface area contributed by atoms with Gasteiger partial charge >= 0.3 is 0 Å². The van der Waals surface area contributed by atoms with Crippen molar-refractivity contribution in [3.63, 3.8) is 0 Å². The summed E-state index contributed by atoms with van der Waals surface area (Å²) < 4.78 is 5.25. The van der Waals surface area contributed by atoms with Gasteiger partial charge in [-0.15, -0.1) is 0 Å². The number of allylic oxidation sites excluding steroid dienone is 4. The van der Waals surface area contributed by atoms with Crippen LogP contribution in [0.3, 0.4) is 0 Å². The summed E-state index contributed by atoms with van der Waals surface area (Å²) in [6, 6.07) is 10.9. The van der Waals surface area contributed by atoms with E-state index in [4.69, 9.17) is 4.74 Å². The van der Waals surface area contributed by atoms with Gasteiger partial charge in [-0.2, -0.15) is 0 Å². The molecule has 0 spiro atoms. The molecule has 21 heavy (non-hydrogen) atoms. The second-order valence-electron chi connectivity index (χ2n) is 6.71. The minimum atomic E-state index is 0.370. The van der Waals surface area contributed by atoms with Crippen LogP contribution < -0.4 is 0 Å². The van der Waals surface area contributed by atoms with E-state index in [1.54, 1.807) is 12.7 Å². The van der Waals surface area contributed by atoms with Gasteiger partial charge in [-0.25, -0.2) is 0 Å².